The number of pyridine rings is 1. The number of carboxylic acid groups (broad SMARTS) is 1. The number of fused-ring (bicyclic) bond motifs is 1. The van der Waals surface area contributed by atoms with E-state index in [-0.39, 0.29) is 6.42 Å². The van der Waals surface area contributed by atoms with Crippen molar-refractivity contribution in [2.75, 3.05) is 0 Å². The molecule has 0 amide bonds. The van der Waals surface area contributed by atoms with E-state index in [2.05, 4.69) is 4.98 Å². The number of aliphatic carboxylic acids is 1. The summed E-state index contributed by atoms with van der Waals surface area (Å²) < 4.78 is 5.82. The summed E-state index contributed by atoms with van der Waals surface area (Å²) in [7, 11) is 0. The van der Waals surface area contributed by atoms with Gasteiger partial charge < -0.3 is 14.6 Å². The SMILES string of the molecule is Cc1c(CC(=O)[O-])cccc1OCc1ccc2ccccc2n1. The van der Waals surface area contributed by atoms with Crippen LogP contribution in [0.4, 0.5) is 0 Å². The molecule has 0 unspecified atom stereocenters. The summed E-state index contributed by atoms with van der Waals surface area (Å²) in [6, 6.07) is 17.2. The summed E-state index contributed by atoms with van der Waals surface area (Å²) in [5.74, 6) is -0.430. The van der Waals surface area contributed by atoms with Crippen LogP contribution in [0, 0.1) is 6.92 Å². The van der Waals surface area contributed by atoms with Crippen LogP contribution < -0.4 is 9.84 Å². The van der Waals surface area contributed by atoms with E-state index >= 15 is 0 Å². The molecule has 4 nitrogen and oxygen atoms in total. The van der Waals surface area contributed by atoms with Crippen LogP contribution in [-0.2, 0) is 17.8 Å². The van der Waals surface area contributed by atoms with Crippen LogP contribution in [0.3, 0.4) is 0 Å². The van der Waals surface area contributed by atoms with Gasteiger partial charge in [-0.3, -0.25) is 0 Å². The predicted octanol–water partition coefficient (Wildman–Crippen LogP) is 2.41. The second-order valence-corrected chi connectivity index (χ2v) is 5.37. The number of benzene rings is 2. The Morgan fingerprint density at radius 3 is 2.74 bits per heavy atom. The Kier molecular flexibility index (Phi) is 4.24. The van der Waals surface area contributed by atoms with E-state index in [0.717, 1.165) is 22.2 Å². The average Bonchev–Trinajstić information content (AvgIpc) is 2.55. The fourth-order valence-corrected chi connectivity index (χ4v) is 2.50. The molecule has 0 spiro atoms. The Labute approximate surface area is 134 Å². The van der Waals surface area contributed by atoms with Gasteiger partial charge in [0.15, 0.2) is 0 Å². The number of para-hydroxylation sites is 1. The van der Waals surface area contributed by atoms with E-state index in [4.69, 9.17) is 4.74 Å². The van der Waals surface area contributed by atoms with Gasteiger partial charge in [0.05, 0.1) is 11.2 Å². The number of hydrogen-bond donors (Lipinski definition) is 0. The zero-order valence-electron chi connectivity index (χ0n) is 12.8. The normalized spacial score (nSPS) is 10.7. The molecule has 3 rings (SSSR count). The lowest BCUT2D eigenvalue weighted by molar-refractivity contribution is -0.304. The standard InChI is InChI=1S/C19H17NO3/c1-13-15(11-19(21)22)6-4-8-18(13)23-12-16-10-9-14-5-2-3-7-17(14)20-16/h2-10H,11-12H2,1H3,(H,21,22)/p-1. The first kappa shape index (κ1) is 15.0. The first-order chi connectivity index (χ1) is 11.1. The lowest BCUT2D eigenvalue weighted by atomic mass is 10.1. The quantitative estimate of drug-likeness (QED) is 0.726. The highest BCUT2D eigenvalue weighted by atomic mass is 16.5. The third kappa shape index (κ3) is 3.48. The molecule has 23 heavy (non-hydrogen) atoms. The maximum Gasteiger partial charge on any atom is 0.130 e. The molecule has 0 N–H and O–H groups in total. The molecule has 116 valence electrons. The maximum atomic E-state index is 10.8. The van der Waals surface area contributed by atoms with Crippen molar-refractivity contribution < 1.29 is 14.6 Å². The summed E-state index contributed by atoms with van der Waals surface area (Å²) in [6.45, 7) is 2.18. The zero-order chi connectivity index (χ0) is 16.2. The lowest BCUT2D eigenvalue weighted by Crippen LogP contribution is -2.24. The van der Waals surface area contributed by atoms with E-state index in [1.165, 1.54) is 0 Å². The largest absolute Gasteiger partial charge is 0.550 e. The van der Waals surface area contributed by atoms with Crippen molar-refractivity contribution in [3.63, 3.8) is 0 Å². The van der Waals surface area contributed by atoms with Crippen LogP contribution in [-0.4, -0.2) is 11.0 Å². The molecule has 4 heteroatoms. The number of ether oxygens (including phenoxy) is 1. The van der Waals surface area contributed by atoms with Crippen LogP contribution in [0.2, 0.25) is 0 Å². The molecular weight excluding hydrogens is 290 g/mol. The van der Waals surface area contributed by atoms with Gasteiger partial charge in [0, 0.05) is 17.8 Å². The van der Waals surface area contributed by atoms with Gasteiger partial charge in [0.1, 0.15) is 12.4 Å². The molecule has 0 saturated carbocycles. The van der Waals surface area contributed by atoms with Gasteiger partial charge in [-0.1, -0.05) is 36.4 Å². The van der Waals surface area contributed by atoms with Crippen LogP contribution >= 0.6 is 0 Å². The summed E-state index contributed by atoms with van der Waals surface area (Å²) in [5, 5.41) is 11.9. The molecule has 3 aromatic rings. The predicted molar refractivity (Wildman–Crippen MR) is 86.0 cm³/mol. The molecule has 1 aromatic heterocycles. The molecule has 0 aliphatic carbocycles. The fourth-order valence-electron chi connectivity index (χ4n) is 2.50. The minimum absolute atomic E-state index is 0.114. The molecule has 0 aliphatic rings. The fraction of sp³-hybridized carbons (Fsp3) is 0.158. The molecule has 0 fully saturated rings. The first-order valence-electron chi connectivity index (χ1n) is 7.39. The third-order valence-electron chi connectivity index (χ3n) is 3.76. The van der Waals surface area contributed by atoms with Crippen molar-refractivity contribution >= 4 is 16.9 Å². The zero-order valence-corrected chi connectivity index (χ0v) is 12.8. The van der Waals surface area contributed by atoms with Gasteiger partial charge in [0.2, 0.25) is 0 Å². The van der Waals surface area contributed by atoms with Gasteiger partial charge in [-0.2, -0.15) is 0 Å². The van der Waals surface area contributed by atoms with Crippen LogP contribution in [0.1, 0.15) is 16.8 Å². The smallest absolute Gasteiger partial charge is 0.130 e. The Bertz CT molecular complexity index is 858. The van der Waals surface area contributed by atoms with E-state index < -0.39 is 5.97 Å². The second-order valence-electron chi connectivity index (χ2n) is 5.37. The number of rotatable bonds is 5. The highest BCUT2D eigenvalue weighted by Gasteiger charge is 2.06. The molecule has 0 saturated heterocycles. The monoisotopic (exact) mass is 306 g/mol. The van der Waals surface area contributed by atoms with Gasteiger partial charge >= 0.3 is 0 Å². The molecular formula is C19H16NO3-. The van der Waals surface area contributed by atoms with E-state index in [9.17, 15) is 9.90 Å². The number of carboxylic acids is 1. The van der Waals surface area contributed by atoms with Crippen molar-refractivity contribution in [2.45, 2.75) is 20.0 Å². The van der Waals surface area contributed by atoms with Crippen molar-refractivity contribution in [1.82, 2.24) is 4.98 Å². The Balaban J connectivity index is 1.78. The second kappa shape index (κ2) is 6.48. The third-order valence-corrected chi connectivity index (χ3v) is 3.76. The van der Waals surface area contributed by atoms with Crippen molar-refractivity contribution in [3.8, 4) is 5.75 Å². The van der Waals surface area contributed by atoms with Crippen molar-refractivity contribution in [2.24, 2.45) is 0 Å². The maximum absolute atomic E-state index is 10.8. The van der Waals surface area contributed by atoms with Gasteiger partial charge in [-0.25, -0.2) is 4.98 Å². The number of hydrogen-bond acceptors (Lipinski definition) is 4. The first-order valence-corrected chi connectivity index (χ1v) is 7.39. The van der Waals surface area contributed by atoms with Gasteiger partial charge in [0.25, 0.3) is 0 Å². The number of aromatic nitrogens is 1. The average molecular weight is 306 g/mol. The summed E-state index contributed by atoms with van der Waals surface area (Å²) in [6.07, 6.45) is -0.114. The van der Waals surface area contributed by atoms with E-state index in [0.29, 0.717) is 17.9 Å². The molecule has 0 atom stereocenters. The summed E-state index contributed by atoms with van der Waals surface area (Å²) >= 11 is 0. The Morgan fingerprint density at radius 2 is 1.91 bits per heavy atom. The van der Waals surface area contributed by atoms with E-state index in [1.54, 1.807) is 12.1 Å². The molecule has 0 bridgehead atoms. The van der Waals surface area contributed by atoms with Crippen molar-refractivity contribution in [3.05, 3.63) is 71.4 Å². The van der Waals surface area contributed by atoms with Crippen LogP contribution in [0.25, 0.3) is 10.9 Å². The number of carbonyl (C=O) groups excluding carboxylic acids is 1. The molecule has 0 aliphatic heterocycles. The molecule has 0 radical (unpaired) electrons. The highest BCUT2D eigenvalue weighted by molar-refractivity contribution is 5.78. The Morgan fingerprint density at radius 1 is 1.09 bits per heavy atom. The van der Waals surface area contributed by atoms with Crippen molar-refractivity contribution in [1.29, 1.82) is 0 Å². The summed E-state index contributed by atoms with van der Waals surface area (Å²) in [4.78, 5) is 15.3. The molecule has 2 aromatic carbocycles. The number of carbonyl (C=O) groups is 1. The highest BCUT2D eigenvalue weighted by Crippen LogP contribution is 2.23. The minimum atomic E-state index is -1.10. The summed E-state index contributed by atoms with van der Waals surface area (Å²) in [5.41, 5.74) is 3.27. The van der Waals surface area contributed by atoms with Crippen LogP contribution in [0.5, 0.6) is 5.75 Å². The Hall–Kier alpha value is -2.88. The minimum Gasteiger partial charge on any atom is -0.550 e. The topological polar surface area (TPSA) is 62.2 Å². The molecule has 1 heterocycles. The van der Waals surface area contributed by atoms with Gasteiger partial charge in [-0.05, 0) is 36.2 Å². The van der Waals surface area contributed by atoms with Crippen LogP contribution in [0.15, 0.2) is 54.6 Å². The number of nitrogens with zero attached hydrogens (tertiary/aromatic N) is 1. The lowest BCUT2D eigenvalue weighted by Gasteiger charge is -2.13. The van der Waals surface area contributed by atoms with E-state index in [1.807, 2.05) is 49.4 Å². The van der Waals surface area contributed by atoms with Gasteiger partial charge in [-0.15, -0.1) is 0 Å².